The van der Waals surface area contributed by atoms with Crippen LogP contribution in [0.2, 0.25) is 10.0 Å². The summed E-state index contributed by atoms with van der Waals surface area (Å²) in [5.74, 6) is 0.187. The zero-order chi connectivity index (χ0) is 16.3. The van der Waals surface area contributed by atoms with Crippen LogP contribution in [0.25, 0.3) is 0 Å². The first-order valence-electron chi connectivity index (χ1n) is 6.83. The Hall–Kier alpha value is -1.16. The number of carbonyl (C=O) groups excluding carboxylic acids is 1. The van der Waals surface area contributed by atoms with E-state index in [0.717, 1.165) is 21.7 Å². The summed E-state index contributed by atoms with van der Waals surface area (Å²) in [6.07, 6.45) is 0. The summed E-state index contributed by atoms with van der Waals surface area (Å²) in [6.45, 7) is 6.03. The normalized spacial score (nSPS) is 10.6. The van der Waals surface area contributed by atoms with Gasteiger partial charge in [-0.15, -0.1) is 11.8 Å². The molecule has 116 valence electrons. The molecular formula is C17H17Cl2NOS. The number of thioether (sulfide) groups is 1. The molecule has 0 spiro atoms. The topological polar surface area (TPSA) is 29.1 Å². The molecule has 0 radical (unpaired) electrons. The Morgan fingerprint density at radius 2 is 1.64 bits per heavy atom. The molecule has 2 nitrogen and oxygen atoms in total. The van der Waals surface area contributed by atoms with Crippen molar-refractivity contribution in [2.75, 3.05) is 11.1 Å². The molecule has 0 saturated heterocycles. The highest BCUT2D eigenvalue weighted by Crippen LogP contribution is 2.34. The average molecular weight is 354 g/mol. The minimum absolute atomic E-state index is 0.0731. The predicted molar refractivity (Wildman–Crippen MR) is 96.5 cm³/mol. The first kappa shape index (κ1) is 17.2. The van der Waals surface area contributed by atoms with Crippen molar-refractivity contribution in [2.24, 2.45) is 0 Å². The van der Waals surface area contributed by atoms with Gasteiger partial charge in [-0.25, -0.2) is 0 Å². The predicted octanol–water partition coefficient (Wildman–Crippen LogP) is 5.65. The number of halogens is 2. The maximum atomic E-state index is 12.2. The standard InChI is InChI=1S/C17H17Cl2NOS/c1-10-7-11(2)16(12(3)8-10)20-15(21)9-22-17-13(18)5-4-6-14(17)19/h4-8H,9H2,1-3H3,(H,20,21). The second-order valence-corrected chi connectivity index (χ2v) is 6.96. The van der Waals surface area contributed by atoms with E-state index in [2.05, 4.69) is 17.4 Å². The second-order valence-electron chi connectivity index (χ2n) is 5.16. The molecule has 0 saturated carbocycles. The number of rotatable bonds is 4. The highest BCUT2D eigenvalue weighted by molar-refractivity contribution is 8.00. The van der Waals surface area contributed by atoms with Crippen molar-refractivity contribution in [2.45, 2.75) is 25.7 Å². The first-order valence-corrected chi connectivity index (χ1v) is 8.57. The van der Waals surface area contributed by atoms with Crippen LogP contribution in [-0.4, -0.2) is 11.7 Å². The summed E-state index contributed by atoms with van der Waals surface area (Å²) in [5.41, 5.74) is 4.19. The first-order chi connectivity index (χ1) is 10.4. The maximum Gasteiger partial charge on any atom is 0.234 e. The molecule has 22 heavy (non-hydrogen) atoms. The number of aryl methyl sites for hydroxylation is 3. The zero-order valence-corrected chi connectivity index (χ0v) is 15.0. The van der Waals surface area contributed by atoms with Gasteiger partial charge in [0.15, 0.2) is 0 Å². The molecule has 0 aromatic heterocycles. The van der Waals surface area contributed by atoms with Crippen molar-refractivity contribution < 1.29 is 4.79 Å². The van der Waals surface area contributed by atoms with Crippen molar-refractivity contribution >= 4 is 46.6 Å². The molecule has 0 heterocycles. The lowest BCUT2D eigenvalue weighted by Gasteiger charge is -2.13. The molecule has 0 bridgehead atoms. The van der Waals surface area contributed by atoms with Crippen LogP contribution in [0.3, 0.4) is 0 Å². The number of benzene rings is 2. The summed E-state index contributed by atoms with van der Waals surface area (Å²) in [5, 5.41) is 4.09. The Bertz CT molecular complexity index is 673. The molecule has 2 aromatic rings. The van der Waals surface area contributed by atoms with Gasteiger partial charge in [-0.1, -0.05) is 47.0 Å². The van der Waals surface area contributed by atoms with Crippen molar-refractivity contribution in [1.29, 1.82) is 0 Å². The molecule has 5 heteroatoms. The fourth-order valence-corrected chi connectivity index (χ4v) is 3.80. The third-order valence-electron chi connectivity index (χ3n) is 3.21. The van der Waals surface area contributed by atoms with Crippen LogP contribution in [0, 0.1) is 20.8 Å². The van der Waals surface area contributed by atoms with Crippen molar-refractivity contribution in [3.8, 4) is 0 Å². The third kappa shape index (κ3) is 4.19. The fourth-order valence-electron chi connectivity index (χ4n) is 2.31. The maximum absolute atomic E-state index is 12.2. The largest absolute Gasteiger partial charge is 0.325 e. The number of amides is 1. The Kier molecular flexibility index (Phi) is 5.79. The minimum atomic E-state index is -0.0731. The van der Waals surface area contributed by atoms with Crippen molar-refractivity contribution in [3.05, 3.63) is 57.1 Å². The van der Waals surface area contributed by atoms with Crippen LogP contribution in [0.4, 0.5) is 5.69 Å². The lowest BCUT2D eigenvalue weighted by molar-refractivity contribution is -0.113. The molecular weight excluding hydrogens is 337 g/mol. The number of hydrogen-bond acceptors (Lipinski definition) is 2. The molecule has 0 aliphatic heterocycles. The summed E-state index contributed by atoms with van der Waals surface area (Å²) in [7, 11) is 0. The quantitative estimate of drug-likeness (QED) is 0.719. The van der Waals surface area contributed by atoms with Gasteiger partial charge in [-0.2, -0.15) is 0 Å². The summed E-state index contributed by atoms with van der Waals surface area (Å²) < 4.78 is 0. The lowest BCUT2D eigenvalue weighted by atomic mass is 10.1. The Labute approximate surface area is 145 Å². The van der Waals surface area contributed by atoms with Crippen LogP contribution in [0.5, 0.6) is 0 Å². The van der Waals surface area contributed by atoms with E-state index in [0.29, 0.717) is 10.0 Å². The molecule has 0 aliphatic carbocycles. The van der Waals surface area contributed by atoms with E-state index < -0.39 is 0 Å². The van der Waals surface area contributed by atoms with Crippen LogP contribution in [-0.2, 0) is 4.79 Å². The van der Waals surface area contributed by atoms with Gasteiger partial charge < -0.3 is 5.32 Å². The molecule has 0 fully saturated rings. The highest BCUT2D eigenvalue weighted by atomic mass is 35.5. The highest BCUT2D eigenvalue weighted by Gasteiger charge is 2.11. The molecule has 0 atom stereocenters. The second kappa shape index (κ2) is 7.40. The van der Waals surface area contributed by atoms with E-state index in [1.807, 2.05) is 20.8 Å². The molecule has 2 rings (SSSR count). The number of carbonyl (C=O) groups is 1. The Morgan fingerprint density at radius 1 is 1.09 bits per heavy atom. The number of nitrogens with one attached hydrogen (secondary N) is 1. The van der Waals surface area contributed by atoms with Crippen LogP contribution in [0.1, 0.15) is 16.7 Å². The van der Waals surface area contributed by atoms with Crippen LogP contribution in [0.15, 0.2) is 35.2 Å². The van der Waals surface area contributed by atoms with E-state index in [1.54, 1.807) is 18.2 Å². The smallest absolute Gasteiger partial charge is 0.234 e. The van der Waals surface area contributed by atoms with E-state index in [1.165, 1.54) is 17.3 Å². The minimum Gasteiger partial charge on any atom is -0.325 e. The Balaban J connectivity index is 2.05. The summed E-state index contributed by atoms with van der Waals surface area (Å²) in [4.78, 5) is 12.9. The molecule has 0 unspecified atom stereocenters. The van der Waals surface area contributed by atoms with Gasteiger partial charge in [0, 0.05) is 10.6 Å². The summed E-state index contributed by atoms with van der Waals surface area (Å²) >= 11 is 13.5. The van der Waals surface area contributed by atoms with Crippen LogP contribution < -0.4 is 5.32 Å². The zero-order valence-electron chi connectivity index (χ0n) is 12.7. The lowest BCUT2D eigenvalue weighted by Crippen LogP contribution is -2.16. The van der Waals surface area contributed by atoms with Crippen molar-refractivity contribution in [1.82, 2.24) is 0 Å². The van der Waals surface area contributed by atoms with Gasteiger partial charge >= 0.3 is 0 Å². The van der Waals surface area contributed by atoms with Gasteiger partial charge in [-0.05, 0) is 44.0 Å². The van der Waals surface area contributed by atoms with Gasteiger partial charge in [0.1, 0.15) is 0 Å². The van der Waals surface area contributed by atoms with E-state index in [9.17, 15) is 4.79 Å². The van der Waals surface area contributed by atoms with E-state index in [4.69, 9.17) is 23.2 Å². The molecule has 1 N–H and O–H groups in total. The monoisotopic (exact) mass is 353 g/mol. The molecule has 1 amide bonds. The third-order valence-corrected chi connectivity index (χ3v) is 5.20. The van der Waals surface area contributed by atoms with Crippen LogP contribution >= 0.6 is 35.0 Å². The van der Waals surface area contributed by atoms with E-state index >= 15 is 0 Å². The number of hydrogen-bond donors (Lipinski definition) is 1. The fraction of sp³-hybridized carbons (Fsp3) is 0.235. The molecule has 2 aromatic carbocycles. The van der Waals surface area contributed by atoms with Gasteiger partial charge in [0.05, 0.1) is 15.8 Å². The number of anilines is 1. The summed E-state index contributed by atoms with van der Waals surface area (Å²) in [6, 6.07) is 9.43. The SMILES string of the molecule is Cc1cc(C)c(NC(=O)CSc2c(Cl)cccc2Cl)c(C)c1. The van der Waals surface area contributed by atoms with Gasteiger partial charge in [0.2, 0.25) is 5.91 Å². The van der Waals surface area contributed by atoms with E-state index in [-0.39, 0.29) is 11.7 Å². The average Bonchev–Trinajstić information content (AvgIpc) is 2.42. The van der Waals surface area contributed by atoms with Crippen molar-refractivity contribution in [3.63, 3.8) is 0 Å². The Morgan fingerprint density at radius 3 is 2.18 bits per heavy atom. The van der Waals surface area contributed by atoms with Gasteiger partial charge in [-0.3, -0.25) is 4.79 Å². The van der Waals surface area contributed by atoms with Gasteiger partial charge in [0.25, 0.3) is 0 Å². The molecule has 0 aliphatic rings.